The van der Waals surface area contributed by atoms with Crippen LogP contribution in [0.2, 0.25) is 0 Å². The van der Waals surface area contributed by atoms with Crippen LogP contribution in [0.4, 0.5) is 5.82 Å². The van der Waals surface area contributed by atoms with Gasteiger partial charge in [-0.05, 0) is 36.8 Å². The highest BCUT2D eigenvalue weighted by Crippen LogP contribution is 2.22. The summed E-state index contributed by atoms with van der Waals surface area (Å²) in [6.45, 7) is 1.64. The van der Waals surface area contributed by atoms with Gasteiger partial charge in [0, 0.05) is 22.9 Å². The second kappa shape index (κ2) is 6.36. The predicted molar refractivity (Wildman–Crippen MR) is 97.4 cm³/mol. The van der Waals surface area contributed by atoms with Crippen molar-refractivity contribution < 1.29 is 13.9 Å². The molecule has 2 aromatic heterocycles. The summed E-state index contributed by atoms with van der Waals surface area (Å²) in [4.78, 5) is 23.6. The lowest BCUT2D eigenvalue weighted by atomic mass is 10.1. The molecule has 130 valence electrons. The molecule has 0 radical (unpaired) electrons. The summed E-state index contributed by atoms with van der Waals surface area (Å²) in [6, 6.07) is 14.0. The maximum atomic E-state index is 12.1. The number of anilines is 1. The van der Waals surface area contributed by atoms with Crippen molar-refractivity contribution in [2.24, 2.45) is 0 Å². The minimum Gasteiger partial charge on any atom is -0.484 e. The van der Waals surface area contributed by atoms with Gasteiger partial charge in [-0.3, -0.25) is 9.89 Å². The number of nitrogens with zero attached hydrogens (tertiary/aromatic N) is 1. The van der Waals surface area contributed by atoms with Crippen LogP contribution in [-0.2, 0) is 4.79 Å². The fraction of sp³-hybridized carbons (Fsp3) is 0.105. The standard InChI is InChI=1S/C19H15N3O4/c1-11-8-18(24)26-16-9-12(6-7-13(11)16)25-10-17(23)20-19-14-4-2-3-5-15(14)21-22-19/h2-9H,10H2,1H3,(H2,20,21,22,23). The van der Waals surface area contributed by atoms with Gasteiger partial charge in [0.05, 0.1) is 5.52 Å². The van der Waals surface area contributed by atoms with Crippen molar-refractivity contribution in [3.63, 3.8) is 0 Å². The molecule has 0 saturated heterocycles. The van der Waals surface area contributed by atoms with Crippen molar-refractivity contribution in [2.45, 2.75) is 6.92 Å². The third-order valence-corrected chi connectivity index (χ3v) is 4.02. The Morgan fingerprint density at radius 1 is 1.19 bits per heavy atom. The SMILES string of the molecule is Cc1cc(=O)oc2cc(OCC(=O)Nc3n[nH]c4ccccc34)ccc12. The van der Waals surface area contributed by atoms with Crippen molar-refractivity contribution in [3.8, 4) is 5.75 Å². The van der Waals surface area contributed by atoms with E-state index in [2.05, 4.69) is 15.5 Å². The Morgan fingerprint density at radius 2 is 2.04 bits per heavy atom. The van der Waals surface area contributed by atoms with Crippen molar-refractivity contribution >= 4 is 33.6 Å². The average Bonchev–Trinajstić information content (AvgIpc) is 3.02. The zero-order chi connectivity index (χ0) is 18.1. The Bertz CT molecular complexity index is 1180. The fourth-order valence-electron chi connectivity index (χ4n) is 2.77. The van der Waals surface area contributed by atoms with Gasteiger partial charge in [-0.15, -0.1) is 0 Å². The number of aromatic amines is 1. The number of aromatic nitrogens is 2. The quantitative estimate of drug-likeness (QED) is 0.552. The number of benzene rings is 2. The molecule has 4 aromatic rings. The molecule has 0 aliphatic rings. The van der Waals surface area contributed by atoms with Crippen LogP contribution < -0.4 is 15.7 Å². The van der Waals surface area contributed by atoms with Crippen molar-refractivity contribution in [2.75, 3.05) is 11.9 Å². The van der Waals surface area contributed by atoms with Gasteiger partial charge in [0.15, 0.2) is 12.4 Å². The molecule has 0 atom stereocenters. The smallest absolute Gasteiger partial charge is 0.336 e. The van der Waals surface area contributed by atoms with Gasteiger partial charge in [0.25, 0.3) is 5.91 Å². The Balaban J connectivity index is 1.47. The van der Waals surface area contributed by atoms with Crippen LogP contribution >= 0.6 is 0 Å². The van der Waals surface area contributed by atoms with E-state index in [0.29, 0.717) is 17.2 Å². The maximum Gasteiger partial charge on any atom is 0.336 e. The lowest BCUT2D eigenvalue weighted by Crippen LogP contribution is -2.20. The molecule has 2 N–H and O–H groups in total. The number of para-hydroxylation sites is 1. The second-order valence-electron chi connectivity index (χ2n) is 5.86. The summed E-state index contributed by atoms with van der Waals surface area (Å²) < 4.78 is 10.7. The van der Waals surface area contributed by atoms with Gasteiger partial charge >= 0.3 is 5.63 Å². The molecule has 0 aliphatic heterocycles. The van der Waals surface area contributed by atoms with Gasteiger partial charge in [-0.25, -0.2) is 4.79 Å². The maximum absolute atomic E-state index is 12.1. The van der Waals surface area contributed by atoms with Crippen LogP contribution in [-0.4, -0.2) is 22.7 Å². The van der Waals surface area contributed by atoms with E-state index in [1.165, 1.54) is 6.07 Å². The highest BCUT2D eigenvalue weighted by atomic mass is 16.5. The molecule has 1 amide bonds. The van der Waals surface area contributed by atoms with Crippen molar-refractivity contribution in [1.82, 2.24) is 10.2 Å². The molecule has 0 aliphatic carbocycles. The van der Waals surface area contributed by atoms with E-state index < -0.39 is 5.63 Å². The van der Waals surface area contributed by atoms with E-state index in [9.17, 15) is 9.59 Å². The lowest BCUT2D eigenvalue weighted by molar-refractivity contribution is -0.118. The van der Waals surface area contributed by atoms with Crippen molar-refractivity contribution in [1.29, 1.82) is 0 Å². The van der Waals surface area contributed by atoms with Gasteiger partial charge in [0.1, 0.15) is 11.3 Å². The van der Waals surface area contributed by atoms with Crippen LogP contribution in [0, 0.1) is 6.92 Å². The number of hydrogen-bond donors (Lipinski definition) is 2. The topological polar surface area (TPSA) is 97.2 Å². The summed E-state index contributed by atoms with van der Waals surface area (Å²) in [7, 11) is 0. The number of amides is 1. The van der Waals surface area contributed by atoms with Crippen LogP contribution in [0.3, 0.4) is 0 Å². The summed E-state index contributed by atoms with van der Waals surface area (Å²) in [6.07, 6.45) is 0. The van der Waals surface area contributed by atoms with E-state index >= 15 is 0 Å². The van der Waals surface area contributed by atoms with Gasteiger partial charge in [0.2, 0.25) is 0 Å². The largest absolute Gasteiger partial charge is 0.484 e. The van der Waals surface area contributed by atoms with Gasteiger partial charge in [-0.2, -0.15) is 5.10 Å². The first kappa shape index (κ1) is 15.9. The monoisotopic (exact) mass is 349 g/mol. The number of ether oxygens (including phenoxy) is 1. The molecule has 0 bridgehead atoms. The van der Waals surface area contributed by atoms with E-state index in [4.69, 9.17) is 9.15 Å². The first-order chi connectivity index (χ1) is 12.6. The summed E-state index contributed by atoms with van der Waals surface area (Å²) in [5.74, 6) is 0.552. The molecule has 4 rings (SSSR count). The van der Waals surface area contributed by atoms with Crippen LogP contribution in [0.5, 0.6) is 5.75 Å². The minimum absolute atomic E-state index is 0.192. The number of hydrogen-bond acceptors (Lipinski definition) is 5. The number of rotatable bonds is 4. The normalized spacial score (nSPS) is 11.0. The van der Waals surface area contributed by atoms with Gasteiger partial charge < -0.3 is 14.5 Å². The van der Waals surface area contributed by atoms with E-state index in [-0.39, 0.29) is 12.5 Å². The molecule has 7 heteroatoms. The van der Waals surface area contributed by atoms with Crippen LogP contribution in [0.25, 0.3) is 21.9 Å². The van der Waals surface area contributed by atoms with Crippen LogP contribution in [0.1, 0.15) is 5.56 Å². The van der Waals surface area contributed by atoms with E-state index in [0.717, 1.165) is 21.9 Å². The molecule has 0 saturated carbocycles. The van der Waals surface area contributed by atoms with Gasteiger partial charge in [-0.1, -0.05) is 12.1 Å². The molecule has 26 heavy (non-hydrogen) atoms. The Morgan fingerprint density at radius 3 is 2.92 bits per heavy atom. The molecule has 7 nitrogen and oxygen atoms in total. The first-order valence-corrected chi connectivity index (χ1v) is 8.00. The number of aryl methyl sites for hydroxylation is 1. The predicted octanol–water partition coefficient (Wildman–Crippen LogP) is 3.00. The summed E-state index contributed by atoms with van der Waals surface area (Å²) in [5.41, 5.74) is 1.66. The lowest BCUT2D eigenvalue weighted by Gasteiger charge is -2.07. The van der Waals surface area contributed by atoms with Crippen molar-refractivity contribution in [3.05, 3.63) is 64.5 Å². The summed E-state index contributed by atoms with van der Waals surface area (Å²) in [5, 5.41) is 11.3. The number of fused-ring (bicyclic) bond motifs is 2. The third kappa shape index (κ3) is 3.02. The highest BCUT2D eigenvalue weighted by molar-refractivity contribution is 6.00. The fourth-order valence-corrected chi connectivity index (χ4v) is 2.77. The number of carbonyl (C=O) groups is 1. The molecule has 0 unspecified atom stereocenters. The summed E-state index contributed by atoms with van der Waals surface area (Å²) >= 11 is 0. The molecular weight excluding hydrogens is 334 g/mol. The average molecular weight is 349 g/mol. The Kier molecular flexibility index (Phi) is 3.89. The molecule has 0 fully saturated rings. The van der Waals surface area contributed by atoms with Crippen LogP contribution in [0.15, 0.2) is 57.7 Å². The molecule has 2 heterocycles. The molecule has 0 spiro atoms. The van der Waals surface area contributed by atoms with E-state index in [1.54, 1.807) is 18.2 Å². The second-order valence-corrected chi connectivity index (χ2v) is 5.86. The minimum atomic E-state index is -0.421. The Hall–Kier alpha value is -3.61. The molecular formula is C19H15N3O4. The zero-order valence-electron chi connectivity index (χ0n) is 13.9. The zero-order valence-corrected chi connectivity index (χ0v) is 13.9. The highest BCUT2D eigenvalue weighted by Gasteiger charge is 2.10. The number of nitrogens with one attached hydrogen (secondary N) is 2. The first-order valence-electron chi connectivity index (χ1n) is 8.00. The van der Waals surface area contributed by atoms with E-state index in [1.807, 2.05) is 31.2 Å². The Labute approximate surface area is 147 Å². The number of H-pyrrole nitrogens is 1. The third-order valence-electron chi connectivity index (χ3n) is 4.02. The molecule has 2 aromatic carbocycles. The number of carbonyl (C=O) groups excluding carboxylic acids is 1.